The van der Waals surface area contributed by atoms with Crippen molar-refractivity contribution in [3.63, 3.8) is 0 Å². The van der Waals surface area contributed by atoms with Gasteiger partial charge in [0.1, 0.15) is 0 Å². The number of hydrogen-bond acceptors (Lipinski definition) is 6. The molecule has 1 amide bonds. The zero-order valence-corrected chi connectivity index (χ0v) is 15.9. The Bertz CT molecular complexity index is 675. The van der Waals surface area contributed by atoms with Crippen molar-refractivity contribution >= 4 is 17.8 Å². The van der Waals surface area contributed by atoms with Crippen molar-refractivity contribution in [2.24, 2.45) is 0 Å². The molecule has 0 aliphatic carbocycles. The number of hydrogen-bond donors (Lipinski definition) is 1. The van der Waals surface area contributed by atoms with Gasteiger partial charge in [-0.15, -0.1) is 0 Å². The first-order chi connectivity index (χ1) is 12.4. The smallest absolute Gasteiger partial charge is 0.409 e. The van der Waals surface area contributed by atoms with Crippen LogP contribution in [0.2, 0.25) is 0 Å². The van der Waals surface area contributed by atoms with Crippen LogP contribution >= 0.6 is 0 Å². The zero-order chi connectivity index (χ0) is 19.3. The third kappa shape index (κ3) is 4.43. The molecule has 1 fully saturated rings. The number of ether oxygens (including phenoxy) is 2. The van der Waals surface area contributed by atoms with Crippen molar-refractivity contribution in [2.45, 2.75) is 27.7 Å². The molecule has 1 aliphatic rings. The van der Waals surface area contributed by atoms with Crippen LogP contribution in [0.15, 0.2) is 0 Å². The lowest BCUT2D eigenvalue weighted by Gasteiger charge is -2.33. The lowest BCUT2D eigenvalue weighted by molar-refractivity contribution is 0.0520. The quantitative estimate of drug-likeness (QED) is 0.610. The van der Waals surface area contributed by atoms with E-state index in [-0.39, 0.29) is 25.0 Å². The van der Waals surface area contributed by atoms with Crippen molar-refractivity contribution < 1.29 is 23.9 Å². The third-order valence-corrected chi connectivity index (χ3v) is 4.40. The van der Waals surface area contributed by atoms with E-state index in [4.69, 9.17) is 9.47 Å². The molecule has 0 radical (unpaired) electrons. The zero-order valence-electron chi connectivity index (χ0n) is 15.9. The fraction of sp³-hybridized carbons (Fsp3) is 0.611. The summed E-state index contributed by atoms with van der Waals surface area (Å²) < 4.78 is 10.1. The van der Waals surface area contributed by atoms with E-state index in [9.17, 15) is 14.4 Å². The van der Waals surface area contributed by atoms with E-state index in [1.165, 1.54) is 0 Å². The molecule has 1 aromatic heterocycles. The number of esters is 1. The first-order valence-corrected chi connectivity index (χ1v) is 8.92. The maximum absolute atomic E-state index is 12.8. The van der Waals surface area contributed by atoms with Crippen LogP contribution in [0.25, 0.3) is 0 Å². The number of piperazine rings is 1. The monoisotopic (exact) mass is 365 g/mol. The Morgan fingerprint density at radius 1 is 0.923 bits per heavy atom. The number of amides is 1. The van der Waals surface area contributed by atoms with E-state index in [0.29, 0.717) is 55.3 Å². The minimum absolute atomic E-state index is 0.125. The Labute approximate surface area is 153 Å². The second kappa shape index (κ2) is 8.84. The summed E-state index contributed by atoms with van der Waals surface area (Å²) in [7, 11) is 0. The molecule has 0 atom stereocenters. The van der Waals surface area contributed by atoms with Gasteiger partial charge in [-0.05, 0) is 27.7 Å². The number of nitrogens with zero attached hydrogens (tertiary/aromatic N) is 2. The first kappa shape index (κ1) is 20.0. The van der Waals surface area contributed by atoms with Crippen molar-refractivity contribution in [1.82, 2.24) is 14.8 Å². The van der Waals surface area contributed by atoms with Gasteiger partial charge in [-0.1, -0.05) is 0 Å². The van der Waals surface area contributed by atoms with Crippen LogP contribution in [0.1, 0.15) is 46.0 Å². The molecule has 0 unspecified atom stereocenters. The Morgan fingerprint density at radius 3 is 2.08 bits per heavy atom. The number of carbonyl (C=O) groups excluding carboxylic acids is 3. The maximum Gasteiger partial charge on any atom is 0.409 e. The van der Waals surface area contributed by atoms with Gasteiger partial charge in [-0.3, -0.25) is 9.69 Å². The number of aryl methyl sites for hydroxylation is 2. The van der Waals surface area contributed by atoms with Crippen LogP contribution in [0, 0.1) is 13.8 Å². The lowest BCUT2D eigenvalue weighted by atomic mass is 10.0. The molecule has 1 saturated heterocycles. The number of Topliss-reactive ketones (excluding diaryl/α,β-unsaturated/α-hetero) is 1. The summed E-state index contributed by atoms with van der Waals surface area (Å²) in [6.07, 6.45) is -0.319. The molecule has 0 saturated carbocycles. The molecule has 0 bridgehead atoms. The average molecular weight is 365 g/mol. The number of aromatic amines is 1. The highest BCUT2D eigenvalue weighted by atomic mass is 16.6. The van der Waals surface area contributed by atoms with Crippen LogP contribution < -0.4 is 0 Å². The van der Waals surface area contributed by atoms with Crippen LogP contribution in [0.4, 0.5) is 4.79 Å². The summed E-state index contributed by atoms with van der Waals surface area (Å²) in [6.45, 7) is 10.0. The van der Waals surface area contributed by atoms with Crippen LogP contribution in [-0.4, -0.2) is 78.6 Å². The molecule has 8 nitrogen and oxygen atoms in total. The lowest BCUT2D eigenvalue weighted by Crippen LogP contribution is -2.50. The molecule has 1 N–H and O–H groups in total. The van der Waals surface area contributed by atoms with Gasteiger partial charge < -0.3 is 19.4 Å². The summed E-state index contributed by atoms with van der Waals surface area (Å²) in [5.41, 5.74) is 2.02. The fourth-order valence-corrected chi connectivity index (χ4v) is 3.17. The minimum atomic E-state index is -0.482. The summed E-state index contributed by atoms with van der Waals surface area (Å²) in [5.74, 6) is -0.607. The van der Waals surface area contributed by atoms with E-state index in [1.807, 2.05) is 4.90 Å². The molecular formula is C18H27N3O5. The van der Waals surface area contributed by atoms with Crippen molar-refractivity contribution in [1.29, 1.82) is 0 Å². The van der Waals surface area contributed by atoms with Gasteiger partial charge in [0.15, 0.2) is 5.78 Å². The first-order valence-electron chi connectivity index (χ1n) is 8.92. The van der Waals surface area contributed by atoms with Gasteiger partial charge in [0.05, 0.1) is 30.9 Å². The molecule has 2 rings (SSSR count). The second-order valence-electron chi connectivity index (χ2n) is 6.23. The van der Waals surface area contributed by atoms with Crippen molar-refractivity contribution in [3.05, 3.63) is 22.5 Å². The highest BCUT2D eigenvalue weighted by Crippen LogP contribution is 2.21. The molecular weight excluding hydrogens is 338 g/mol. The van der Waals surface area contributed by atoms with Gasteiger partial charge in [0.2, 0.25) is 0 Å². The molecule has 0 aromatic carbocycles. The van der Waals surface area contributed by atoms with Gasteiger partial charge in [-0.2, -0.15) is 0 Å². The van der Waals surface area contributed by atoms with Crippen LogP contribution in [0.5, 0.6) is 0 Å². The van der Waals surface area contributed by atoms with E-state index in [0.717, 1.165) is 0 Å². The Hall–Kier alpha value is -2.35. The summed E-state index contributed by atoms with van der Waals surface area (Å²) in [6, 6.07) is 0. The number of nitrogens with one attached hydrogen (secondary N) is 1. The number of H-pyrrole nitrogens is 1. The van der Waals surface area contributed by atoms with Crippen molar-refractivity contribution in [2.75, 3.05) is 45.9 Å². The molecule has 26 heavy (non-hydrogen) atoms. The highest BCUT2D eigenvalue weighted by molar-refractivity contribution is 6.09. The van der Waals surface area contributed by atoms with Crippen molar-refractivity contribution in [3.8, 4) is 0 Å². The number of aromatic nitrogens is 1. The van der Waals surface area contributed by atoms with Gasteiger partial charge >= 0.3 is 12.1 Å². The van der Waals surface area contributed by atoms with Crippen LogP contribution in [-0.2, 0) is 9.47 Å². The Morgan fingerprint density at radius 2 is 1.50 bits per heavy atom. The predicted molar refractivity (Wildman–Crippen MR) is 95.6 cm³/mol. The van der Waals surface area contributed by atoms with E-state index in [2.05, 4.69) is 4.98 Å². The SMILES string of the molecule is CCOC(=O)c1c(C)[nH]c(C)c1C(=O)CN1CCN(C(=O)OCC)CC1. The van der Waals surface area contributed by atoms with Crippen LogP contribution in [0.3, 0.4) is 0 Å². The standard InChI is InChI=1S/C18H27N3O5/c1-5-25-17(23)16-13(4)19-12(3)15(16)14(22)11-20-7-9-21(10-8-20)18(24)26-6-2/h19H,5-11H2,1-4H3. The second-order valence-corrected chi connectivity index (χ2v) is 6.23. The average Bonchev–Trinajstić information content (AvgIpc) is 2.90. The molecule has 0 spiro atoms. The number of carbonyl (C=O) groups is 3. The highest BCUT2D eigenvalue weighted by Gasteiger charge is 2.28. The van der Waals surface area contributed by atoms with Gasteiger partial charge in [0, 0.05) is 37.6 Å². The minimum Gasteiger partial charge on any atom is -0.462 e. The summed E-state index contributed by atoms with van der Waals surface area (Å²) in [5, 5.41) is 0. The van der Waals surface area contributed by atoms with Gasteiger partial charge in [-0.25, -0.2) is 9.59 Å². The van der Waals surface area contributed by atoms with E-state index in [1.54, 1.807) is 32.6 Å². The molecule has 1 aromatic rings. The topological polar surface area (TPSA) is 91.9 Å². The Balaban J connectivity index is 2.03. The maximum atomic E-state index is 12.8. The molecule has 1 aliphatic heterocycles. The van der Waals surface area contributed by atoms with E-state index < -0.39 is 5.97 Å². The fourth-order valence-electron chi connectivity index (χ4n) is 3.17. The predicted octanol–water partition coefficient (Wildman–Crippen LogP) is 1.77. The molecule has 2 heterocycles. The third-order valence-electron chi connectivity index (χ3n) is 4.40. The normalized spacial score (nSPS) is 15.0. The Kier molecular flexibility index (Phi) is 6.79. The number of rotatable bonds is 6. The summed E-state index contributed by atoms with van der Waals surface area (Å²) >= 11 is 0. The van der Waals surface area contributed by atoms with E-state index >= 15 is 0 Å². The summed E-state index contributed by atoms with van der Waals surface area (Å²) in [4.78, 5) is 43.4. The molecule has 144 valence electrons. The molecule has 8 heteroatoms. The largest absolute Gasteiger partial charge is 0.462 e. The van der Waals surface area contributed by atoms with Gasteiger partial charge in [0.25, 0.3) is 0 Å². The number of ketones is 1.